The summed E-state index contributed by atoms with van der Waals surface area (Å²) in [6.07, 6.45) is 4.83. The molecule has 0 bridgehead atoms. The Hall–Kier alpha value is -0.860. The van der Waals surface area contributed by atoms with Crippen LogP contribution in [0.2, 0.25) is 0 Å². The van der Waals surface area contributed by atoms with Crippen molar-refractivity contribution in [3.8, 4) is 0 Å². The molecule has 1 aromatic carbocycles. The number of benzene rings is 1. The quantitative estimate of drug-likeness (QED) is 0.903. The number of hydrogen-bond donors (Lipinski definition) is 1. The van der Waals surface area contributed by atoms with Crippen molar-refractivity contribution in [2.24, 2.45) is 5.41 Å². The fourth-order valence-corrected chi connectivity index (χ4v) is 3.75. The van der Waals surface area contributed by atoms with Crippen LogP contribution in [0.1, 0.15) is 57.2 Å². The Bertz CT molecular complexity index is 474. The molecule has 2 aliphatic rings. The van der Waals surface area contributed by atoms with E-state index < -0.39 is 0 Å². The normalized spacial score (nSPS) is 32.0. The summed E-state index contributed by atoms with van der Waals surface area (Å²) in [4.78, 5) is 0. The molecule has 0 spiro atoms. The molecule has 1 aliphatic carbocycles. The van der Waals surface area contributed by atoms with Gasteiger partial charge in [-0.2, -0.15) is 0 Å². The first kappa shape index (κ1) is 14.1. The Kier molecular flexibility index (Phi) is 3.64. The molecule has 1 aromatic rings. The van der Waals surface area contributed by atoms with Crippen LogP contribution in [0, 0.1) is 5.41 Å². The van der Waals surface area contributed by atoms with Gasteiger partial charge in [-0.05, 0) is 49.1 Å². The molecule has 0 saturated carbocycles. The number of ether oxygens (including phenoxy) is 1. The largest absolute Gasteiger partial charge is 0.374 e. The molecule has 0 radical (unpaired) electrons. The second-order valence-corrected chi connectivity index (χ2v) is 7.40. The summed E-state index contributed by atoms with van der Waals surface area (Å²) in [5.41, 5.74) is 3.35. The van der Waals surface area contributed by atoms with Gasteiger partial charge in [0.25, 0.3) is 0 Å². The molecule has 0 amide bonds. The smallest absolute Gasteiger partial charge is 0.0779 e. The Balaban J connectivity index is 1.79. The molecule has 2 unspecified atom stereocenters. The molecule has 2 heteroatoms. The van der Waals surface area contributed by atoms with Gasteiger partial charge >= 0.3 is 0 Å². The van der Waals surface area contributed by atoms with E-state index >= 15 is 0 Å². The lowest BCUT2D eigenvalue weighted by atomic mass is 9.70. The lowest BCUT2D eigenvalue weighted by Crippen LogP contribution is -2.45. The van der Waals surface area contributed by atoms with Crippen molar-refractivity contribution < 1.29 is 4.74 Å². The summed E-state index contributed by atoms with van der Waals surface area (Å²) in [5.74, 6) is 0. The van der Waals surface area contributed by atoms with E-state index in [4.69, 9.17) is 4.74 Å². The van der Waals surface area contributed by atoms with Gasteiger partial charge in [0.05, 0.1) is 5.60 Å². The second-order valence-electron chi connectivity index (χ2n) is 7.40. The third-order valence-corrected chi connectivity index (χ3v) is 5.17. The van der Waals surface area contributed by atoms with E-state index in [-0.39, 0.29) is 5.60 Å². The number of nitrogens with one attached hydrogen (secondary N) is 1. The summed E-state index contributed by atoms with van der Waals surface area (Å²) in [7, 11) is 0. The van der Waals surface area contributed by atoms with Crippen LogP contribution in [0.25, 0.3) is 0 Å². The van der Waals surface area contributed by atoms with Gasteiger partial charge in [0.1, 0.15) is 0 Å². The van der Waals surface area contributed by atoms with Crippen molar-refractivity contribution >= 4 is 0 Å². The van der Waals surface area contributed by atoms with Crippen LogP contribution in [-0.2, 0) is 11.2 Å². The van der Waals surface area contributed by atoms with Crippen LogP contribution in [0.4, 0.5) is 0 Å². The monoisotopic (exact) mass is 273 g/mol. The van der Waals surface area contributed by atoms with Crippen molar-refractivity contribution in [1.82, 2.24) is 5.32 Å². The van der Waals surface area contributed by atoms with Crippen molar-refractivity contribution in [2.75, 3.05) is 13.2 Å². The first-order valence-corrected chi connectivity index (χ1v) is 7.95. The highest BCUT2D eigenvalue weighted by molar-refractivity contribution is 5.34. The predicted octanol–water partition coefficient (Wildman–Crippen LogP) is 3.86. The van der Waals surface area contributed by atoms with Crippen LogP contribution in [-0.4, -0.2) is 18.8 Å². The van der Waals surface area contributed by atoms with E-state index in [1.54, 1.807) is 0 Å². The molecule has 0 aromatic heterocycles. The van der Waals surface area contributed by atoms with Crippen molar-refractivity contribution in [3.05, 3.63) is 35.4 Å². The molecular weight excluding hydrogens is 246 g/mol. The zero-order chi connectivity index (χ0) is 14.2. The fraction of sp³-hybridized carbons (Fsp3) is 0.667. The number of aryl methyl sites for hydroxylation is 1. The maximum absolute atomic E-state index is 5.93. The highest BCUT2D eigenvalue weighted by atomic mass is 16.5. The number of hydrogen-bond acceptors (Lipinski definition) is 2. The van der Waals surface area contributed by atoms with Gasteiger partial charge in [-0.25, -0.2) is 0 Å². The molecule has 110 valence electrons. The van der Waals surface area contributed by atoms with Crippen molar-refractivity contribution in [1.29, 1.82) is 0 Å². The second kappa shape index (κ2) is 5.16. The Morgan fingerprint density at radius 1 is 1.20 bits per heavy atom. The number of fused-ring (bicyclic) bond motifs is 1. The van der Waals surface area contributed by atoms with Gasteiger partial charge in [-0.1, -0.05) is 38.1 Å². The summed E-state index contributed by atoms with van der Waals surface area (Å²) in [6.45, 7) is 8.89. The summed E-state index contributed by atoms with van der Waals surface area (Å²) in [5, 5.41) is 3.83. The Morgan fingerprint density at radius 3 is 2.75 bits per heavy atom. The standard InChI is InChI=1S/C18H27NO/c1-17(2)11-9-14-7-4-5-8-15(14)16(17)19-13-18(3)10-6-12-20-18/h4-5,7-8,16,19H,6,9-13H2,1-3H3. The lowest BCUT2D eigenvalue weighted by Gasteiger charge is -2.42. The van der Waals surface area contributed by atoms with E-state index in [1.165, 1.54) is 36.8 Å². The molecule has 20 heavy (non-hydrogen) atoms. The van der Waals surface area contributed by atoms with E-state index in [1.807, 2.05) is 0 Å². The Labute approximate surface area is 122 Å². The summed E-state index contributed by atoms with van der Waals surface area (Å²) < 4.78 is 5.93. The zero-order valence-corrected chi connectivity index (χ0v) is 13.0. The average Bonchev–Trinajstić information content (AvgIpc) is 2.84. The first-order valence-electron chi connectivity index (χ1n) is 7.95. The van der Waals surface area contributed by atoms with E-state index in [0.29, 0.717) is 11.5 Å². The minimum Gasteiger partial charge on any atom is -0.374 e. The molecule has 1 heterocycles. The van der Waals surface area contributed by atoms with Gasteiger partial charge in [-0.15, -0.1) is 0 Å². The van der Waals surface area contributed by atoms with E-state index in [0.717, 1.165) is 13.2 Å². The maximum atomic E-state index is 5.93. The van der Waals surface area contributed by atoms with Gasteiger partial charge in [0, 0.05) is 19.2 Å². The molecule has 2 nitrogen and oxygen atoms in total. The van der Waals surface area contributed by atoms with Crippen molar-refractivity contribution in [2.45, 2.75) is 58.1 Å². The van der Waals surface area contributed by atoms with Gasteiger partial charge in [0.2, 0.25) is 0 Å². The Morgan fingerprint density at radius 2 is 2.00 bits per heavy atom. The minimum absolute atomic E-state index is 0.0302. The van der Waals surface area contributed by atoms with Crippen LogP contribution in [0.15, 0.2) is 24.3 Å². The number of rotatable bonds is 3. The molecule has 1 fully saturated rings. The SMILES string of the molecule is CC1(CNC2c3ccccc3CCC2(C)C)CCCO1. The lowest BCUT2D eigenvalue weighted by molar-refractivity contribution is 0.0138. The summed E-state index contributed by atoms with van der Waals surface area (Å²) >= 11 is 0. The van der Waals surface area contributed by atoms with Crippen LogP contribution < -0.4 is 5.32 Å². The van der Waals surface area contributed by atoms with Crippen LogP contribution in [0.5, 0.6) is 0 Å². The molecule has 3 rings (SSSR count). The molecule has 2 atom stereocenters. The molecule has 1 N–H and O–H groups in total. The van der Waals surface area contributed by atoms with Crippen molar-refractivity contribution in [3.63, 3.8) is 0 Å². The topological polar surface area (TPSA) is 21.3 Å². The van der Waals surface area contributed by atoms with Gasteiger partial charge < -0.3 is 10.1 Å². The maximum Gasteiger partial charge on any atom is 0.0779 e. The van der Waals surface area contributed by atoms with E-state index in [9.17, 15) is 0 Å². The molecule has 1 saturated heterocycles. The van der Waals surface area contributed by atoms with Crippen LogP contribution >= 0.6 is 0 Å². The minimum atomic E-state index is 0.0302. The predicted molar refractivity (Wildman–Crippen MR) is 82.9 cm³/mol. The fourth-order valence-electron chi connectivity index (χ4n) is 3.75. The first-order chi connectivity index (χ1) is 9.50. The molecule has 1 aliphatic heterocycles. The highest BCUT2D eigenvalue weighted by Crippen LogP contribution is 2.43. The van der Waals surface area contributed by atoms with Crippen LogP contribution in [0.3, 0.4) is 0 Å². The van der Waals surface area contributed by atoms with Gasteiger partial charge in [0.15, 0.2) is 0 Å². The third kappa shape index (κ3) is 2.64. The van der Waals surface area contributed by atoms with Gasteiger partial charge in [-0.3, -0.25) is 0 Å². The highest BCUT2D eigenvalue weighted by Gasteiger charge is 2.38. The third-order valence-electron chi connectivity index (χ3n) is 5.17. The average molecular weight is 273 g/mol. The zero-order valence-electron chi connectivity index (χ0n) is 13.0. The molecular formula is C18H27NO. The van der Waals surface area contributed by atoms with E-state index in [2.05, 4.69) is 50.4 Å². The summed E-state index contributed by atoms with van der Waals surface area (Å²) in [6, 6.07) is 9.35.